The lowest BCUT2D eigenvalue weighted by Gasteiger charge is -2.07. The van der Waals surface area contributed by atoms with E-state index in [1.165, 1.54) is 26.4 Å². The topological polar surface area (TPSA) is 78.9 Å². The number of rotatable bonds is 7. The number of ketones is 1. The van der Waals surface area contributed by atoms with E-state index >= 15 is 0 Å². The van der Waals surface area contributed by atoms with Crippen LogP contribution in [0.5, 0.6) is 11.5 Å². The first kappa shape index (κ1) is 27.0. The van der Waals surface area contributed by atoms with Crippen LogP contribution in [0.3, 0.4) is 0 Å². The van der Waals surface area contributed by atoms with E-state index in [1.54, 1.807) is 6.92 Å². The van der Waals surface area contributed by atoms with Crippen LogP contribution in [-0.4, -0.2) is 37.8 Å². The minimum Gasteiger partial charge on any atom is -0.495 e. The molecule has 0 aliphatic heterocycles. The fourth-order valence-corrected chi connectivity index (χ4v) is 3.33. The second-order valence-corrected chi connectivity index (χ2v) is 7.66. The molecule has 0 fully saturated rings. The lowest BCUT2D eigenvalue weighted by molar-refractivity contribution is -0.141. The molecular formula is C20H17Br2ClF2O6. The van der Waals surface area contributed by atoms with E-state index in [2.05, 4.69) is 36.6 Å². The smallest absolute Gasteiger partial charge is 0.313 e. The van der Waals surface area contributed by atoms with Gasteiger partial charge in [-0.3, -0.25) is 14.4 Å². The van der Waals surface area contributed by atoms with Crippen molar-refractivity contribution in [2.45, 2.75) is 13.3 Å². The molecule has 0 unspecified atom stereocenters. The molecule has 0 saturated carbocycles. The summed E-state index contributed by atoms with van der Waals surface area (Å²) in [6, 6.07) is 4.75. The van der Waals surface area contributed by atoms with Crippen LogP contribution in [-0.2, 0) is 9.53 Å². The van der Waals surface area contributed by atoms with Crippen molar-refractivity contribution in [1.29, 1.82) is 0 Å². The van der Waals surface area contributed by atoms with Crippen molar-refractivity contribution in [2.75, 3.05) is 20.8 Å². The second kappa shape index (κ2) is 12.7. The third-order valence-corrected chi connectivity index (χ3v) is 5.05. The second-order valence-electron chi connectivity index (χ2n) is 5.61. The third-order valence-electron chi connectivity index (χ3n) is 3.61. The van der Waals surface area contributed by atoms with Gasteiger partial charge in [0.05, 0.1) is 40.9 Å². The zero-order chi connectivity index (χ0) is 23.7. The van der Waals surface area contributed by atoms with Crippen LogP contribution >= 0.6 is 43.5 Å². The molecular weight excluding hydrogens is 569 g/mol. The van der Waals surface area contributed by atoms with Crippen LogP contribution < -0.4 is 9.47 Å². The van der Waals surface area contributed by atoms with Crippen molar-refractivity contribution < 1.29 is 37.4 Å². The Bertz CT molecular complexity index is 985. The van der Waals surface area contributed by atoms with Gasteiger partial charge in [-0.05, 0) is 62.5 Å². The third kappa shape index (κ3) is 7.86. The number of methoxy groups -OCH3 is 2. The van der Waals surface area contributed by atoms with E-state index in [0.717, 1.165) is 12.1 Å². The maximum absolute atomic E-state index is 13.6. The first-order valence-corrected chi connectivity index (χ1v) is 10.5. The molecule has 0 spiro atoms. The number of benzene rings is 2. The highest BCUT2D eigenvalue weighted by Crippen LogP contribution is 2.29. The van der Waals surface area contributed by atoms with E-state index in [-0.39, 0.29) is 23.5 Å². The van der Waals surface area contributed by atoms with Crippen molar-refractivity contribution in [1.82, 2.24) is 0 Å². The van der Waals surface area contributed by atoms with Gasteiger partial charge in [0.25, 0.3) is 5.24 Å². The van der Waals surface area contributed by atoms with Crippen molar-refractivity contribution in [3.05, 3.63) is 56.0 Å². The highest BCUT2D eigenvalue weighted by atomic mass is 79.9. The molecule has 0 saturated heterocycles. The Morgan fingerprint density at radius 2 is 1.35 bits per heavy atom. The van der Waals surface area contributed by atoms with Crippen LogP contribution in [0.1, 0.15) is 34.1 Å². The van der Waals surface area contributed by atoms with Crippen LogP contribution in [0.25, 0.3) is 0 Å². The summed E-state index contributed by atoms with van der Waals surface area (Å²) in [5.41, 5.74) is -0.343. The SMILES string of the molecule is CCOC(=O)CC(=O)c1cc(Br)c(OC)cc1F.COc1cc(F)c(C(=O)Cl)cc1Br. The van der Waals surface area contributed by atoms with Gasteiger partial charge in [0.15, 0.2) is 5.78 Å². The summed E-state index contributed by atoms with van der Waals surface area (Å²) >= 11 is 11.4. The zero-order valence-corrected chi connectivity index (χ0v) is 20.5. The van der Waals surface area contributed by atoms with E-state index in [4.69, 9.17) is 21.1 Å². The quantitative estimate of drug-likeness (QED) is 0.179. The first-order valence-electron chi connectivity index (χ1n) is 8.50. The summed E-state index contributed by atoms with van der Waals surface area (Å²) in [7, 11) is 2.79. The highest BCUT2D eigenvalue weighted by molar-refractivity contribution is 9.10. The molecule has 0 amide bonds. The van der Waals surface area contributed by atoms with Gasteiger partial charge in [0.2, 0.25) is 0 Å². The minimum atomic E-state index is -0.833. The van der Waals surface area contributed by atoms with Gasteiger partial charge in [-0.2, -0.15) is 0 Å². The number of carbonyl (C=O) groups is 3. The molecule has 0 atom stereocenters. The standard InChI is InChI=1S/C12H12BrFO4.C8H5BrClFO2/c1-3-18-12(16)6-10(15)7-4-8(13)11(17-2)5-9(7)14;1-13-7-3-6(11)4(8(10)12)2-5(7)9/h4-5H,3,6H2,1-2H3;2-3H,1H3. The van der Waals surface area contributed by atoms with Gasteiger partial charge >= 0.3 is 5.97 Å². The predicted molar refractivity (Wildman–Crippen MR) is 117 cm³/mol. The molecule has 0 bridgehead atoms. The minimum absolute atomic E-state index is 0.171. The van der Waals surface area contributed by atoms with Crippen molar-refractivity contribution in [2.24, 2.45) is 0 Å². The molecule has 2 rings (SSSR count). The fraction of sp³-hybridized carbons (Fsp3) is 0.250. The number of hydrogen-bond donors (Lipinski definition) is 0. The number of Topliss-reactive ketones (excluding diaryl/α,β-unsaturated/α-hetero) is 1. The van der Waals surface area contributed by atoms with Crippen molar-refractivity contribution in [3.8, 4) is 11.5 Å². The van der Waals surface area contributed by atoms with E-state index in [0.29, 0.717) is 14.7 Å². The molecule has 31 heavy (non-hydrogen) atoms. The van der Waals surface area contributed by atoms with Gasteiger partial charge in [0, 0.05) is 12.1 Å². The Hall–Kier alpha value is -2.04. The average Bonchev–Trinajstić information content (AvgIpc) is 2.71. The summed E-state index contributed by atoms with van der Waals surface area (Å²) < 4.78 is 42.0. The largest absolute Gasteiger partial charge is 0.495 e. The summed E-state index contributed by atoms with van der Waals surface area (Å²) in [5.74, 6) is -2.13. The number of carbonyl (C=O) groups excluding carboxylic acids is 3. The normalized spacial score (nSPS) is 9.94. The first-order chi connectivity index (χ1) is 14.5. The monoisotopic (exact) mass is 584 g/mol. The zero-order valence-electron chi connectivity index (χ0n) is 16.6. The Morgan fingerprint density at radius 3 is 1.77 bits per heavy atom. The van der Waals surface area contributed by atoms with Crippen LogP contribution in [0, 0.1) is 11.6 Å². The van der Waals surface area contributed by atoms with Crippen molar-refractivity contribution >= 4 is 60.5 Å². The van der Waals surface area contributed by atoms with Gasteiger partial charge in [0.1, 0.15) is 29.6 Å². The predicted octanol–water partition coefficient (Wildman–Crippen LogP) is 5.71. The molecule has 0 heterocycles. The van der Waals surface area contributed by atoms with E-state index in [9.17, 15) is 23.2 Å². The molecule has 2 aromatic rings. The lowest BCUT2D eigenvalue weighted by atomic mass is 10.1. The van der Waals surface area contributed by atoms with Gasteiger partial charge in [-0.25, -0.2) is 8.78 Å². The molecule has 6 nitrogen and oxygen atoms in total. The van der Waals surface area contributed by atoms with Crippen LogP contribution in [0.15, 0.2) is 33.2 Å². The maximum Gasteiger partial charge on any atom is 0.313 e. The average molecular weight is 587 g/mol. The summed E-state index contributed by atoms with van der Waals surface area (Å²) in [4.78, 5) is 33.5. The Morgan fingerprint density at radius 1 is 0.903 bits per heavy atom. The Labute approximate surface area is 199 Å². The summed E-state index contributed by atoms with van der Waals surface area (Å²) in [5, 5.41) is -0.833. The van der Waals surface area contributed by atoms with Crippen molar-refractivity contribution in [3.63, 3.8) is 0 Å². The highest BCUT2D eigenvalue weighted by Gasteiger charge is 2.19. The molecule has 11 heteroatoms. The fourth-order valence-electron chi connectivity index (χ4n) is 2.17. The summed E-state index contributed by atoms with van der Waals surface area (Å²) in [6.45, 7) is 1.81. The van der Waals surface area contributed by atoms with Gasteiger partial charge < -0.3 is 14.2 Å². The van der Waals surface area contributed by atoms with Gasteiger partial charge in [-0.1, -0.05) is 0 Å². The molecule has 0 aromatic heterocycles. The molecule has 2 aromatic carbocycles. The molecule has 0 radical (unpaired) electrons. The lowest BCUT2D eigenvalue weighted by Crippen LogP contribution is -2.12. The van der Waals surface area contributed by atoms with Crippen LogP contribution in [0.4, 0.5) is 8.78 Å². The number of esters is 1. The Kier molecular flexibility index (Phi) is 11.1. The molecule has 0 aliphatic rings. The molecule has 0 aliphatic carbocycles. The Balaban J connectivity index is 0.000000327. The van der Waals surface area contributed by atoms with Crippen LogP contribution in [0.2, 0.25) is 0 Å². The van der Waals surface area contributed by atoms with E-state index < -0.39 is 35.1 Å². The molecule has 0 N–H and O–H groups in total. The van der Waals surface area contributed by atoms with Gasteiger partial charge in [-0.15, -0.1) is 0 Å². The number of hydrogen-bond acceptors (Lipinski definition) is 6. The maximum atomic E-state index is 13.6. The number of ether oxygens (including phenoxy) is 3. The number of halogens is 5. The van der Waals surface area contributed by atoms with E-state index in [1.807, 2.05) is 0 Å². The molecule has 168 valence electrons. The summed E-state index contributed by atoms with van der Waals surface area (Å²) in [6.07, 6.45) is -0.483.